The zero-order valence-electron chi connectivity index (χ0n) is 10.6. The molecular formula is C12H16ClF2NO2S. The first-order valence-electron chi connectivity index (χ1n) is 5.38. The molecule has 0 saturated heterocycles. The molecule has 1 rings (SSSR count). The van der Waals surface area contributed by atoms with Gasteiger partial charge in [0, 0.05) is 4.90 Å². The van der Waals surface area contributed by atoms with Crippen LogP contribution in [-0.4, -0.2) is 24.8 Å². The van der Waals surface area contributed by atoms with Crippen molar-refractivity contribution in [2.45, 2.75) is 23.8 Å². The number of esters is 1. The van der Waals surface area contributed by atoms with Crippen LogP contribution >= 0.6 is 24.2 Å². The first-order valence-corrected chi connectivity index (χ1v) is 6.60. The molecule has 0 radical (unpaired) electrons. The second-order valence-corrected chi connectivity index (χ2v) is 4.47. The predicted molar refractivity (Wildman–Crippen MR) is 74.0 cm³/mol. The average Bonchev–Trinajstić information content (AvgIpc) is 2.38. The lowest BCUT2D eigenvalue weighted by atomic mass is 10.0. The lowest BCUT2D eigenvalue weighted by Gasteiger charge is -2.21. The summed E-state index contributed by atoms with van der Waals surface area (Å²) in [5.74, 6) is -5.32. The van der Waals surface area contributed by atoms with E-state index in [9.17, 15) is 13.6 Å². The zero-order chi connectivity index (χ0) is 13.8. The van der Waals surface area contributed by atoms with E-state index < -0.39 is 17.9 Å². The van der Waals surface area contributed by atoms with Crippen LogP contribution < -0.4 is 5.73 Å². The van der Waals surface area contributed by atoms with Crippen molar-refractivity contribution in [2.24, 2.45) is 5.73 Å². The highest BCUT2D eigenvalue weighted by atomic mass is 35.5. The van der Waals surface area contributed by atoms with Gasteiger partial charge >= 0.3 is 11.9 Å². The molecule has 1 atom stereocenters. The highest BCUT2D eigenvalue weighted by Crippen LogP contribution is 2.31. The maximum Gasteiger partial charge on any atom is 0.379 e. The Balaban J connectivity index is 0.00000324. The monoisotopic (exact) mass is 311 g/mol. The molecule has 0 saturated carbocycles. The van der Waals surface area contributed by atoms with Gasteiger partial charge in [-0.05, 0) is 30.9 Å². The van der Waals surface area contributed by atoms with Crippen LogP contribution in [-0.2, 0) is 9.53 Å². The molecular weight excluding hydrogens is 296 g/mol. The predicted octanol–water partition coefficient (Wildman–Crippen LogP) is 3.03. The normalized spacial score (nSPS) is 12.5. The number of hydrogen-bond donors (Lipinski definition) is 1. The molecule has 108 valence electrons. The molecule has 0 amide bonds. The summed E-state index contributed by atoms with van der Waals surface area (Å²) in [5, 5.41) is 0. The van der Waals surface area contributed by atoms with Crippen molar-refractivity contribution < 1.29 is 18.3 Å². The molecule has 0 heterocycles. The largest absolute Gasteiger partial charge is 0.462 e. The van der Waals surface area contributed by atoms with Crippen LogP contribution in [0.4, 0.5) is 8.78 Å². The van der Waals surface area contributed by atoms with Gasteiger partial charge in [-0.1, -0.05) is 12.1 Å². The maximum atomic E-state index is 13.7. The number of carbonyl (C=O) groups excluding carboxylic acids is 1. The molecule has 1 aromatic carbocycles. The van der Waals surface area contributed by atoms with Crippen LogP contribution in [0, 0.1) is 0 Å². The molecule has 0 aromatic heterocycles. The standard InChI is InChI=1S/C12H15F2NO2S.ClH/c1-3-17-11(16)12(13,14)10(15)8-4-6-9(18-2)7-5-8;/h4-7,10H,3,15H2,1-2H3;1H/t10-;/m0./s1. The Morgan fingerprint density at radius 1 is 1.42 bits per heavy atom. The van der Waals surface area contributed by atoms with Crippen LogP contribution in [0.3, 0.4) is 0 Å². The topological polar surface area (TPSA) is 52.3 Å². The molecule has 0 spiro atoms. The van der Waals surface area contributed by atoms with Gasteiger partial charge in [0.1, 0.15) is 6.04 Å². The Labute approximate surface area is 121 Å². The molecule has 0 fully saturated rings. The summed E-state index contributed by atoms with van der Waals surface area (Å²) in [6, 6.07) is 4.64. The summed E-state index contributed by atoms with van der Waals surface area (Å²) >= 11 is 1.49. The van der Waals surface area contributed by atoms with Gasteiger partial charge in [0.25, 0.3) is 0 Å². The van der Waals surface area contributed by atoms with Gasteiger partial charge in [-0.3, -0.25) is 0 Å². The summed E-state index contributed by atoms with van der Waals surface area (Å²) in [7, 11) is 0. The number of ether oxygens (including phenoxy) is 1. The third kappa shape index (κ3) is 4.33. The molecule has 2 N–H and O–H groups in total. The summed E-state index contributed by atoms with van der Waals surface area (Å²) in [6.45, 7) is 1.36. The van der Waals surface area contributed by atoms with Crippen LogP contribution in [0.15, 0.2) is 29.2 Å². The van der Waals surface area contributed by atoms with Crippen LogP contribution in [0.25, 0.3) is 0 Å². The molecule has 0 aliphatic heterocycles. The smallest absolute Gasteiger partial charge is 0.379 e. The Morgan fingerprint density at radius 3 is 2.37 bits per heavy atom. The lowest BCUT2D eigenvalue weighted by Crippen LogP contribution is -2.41. The van der Waals surface area contributed by atoms with Gasteiger partial charge in [0.2, 0.25) is 0 Å². The molecule has 7 heteroatoms. The third-order valence-corrected chi connectivity index (χ3v) is 3.16. The summed E-state index contributed by atoms with van der Waals surface area (Å²) in [5.41, 5.74) is 5.64. The quantitative estimate of drug-likeness (QED) is 0.671. The van der Waals surface area contributed by atoms with Gasteiger partial charge < -0.3 is 10.5 Å². The number of thioether (sulfide) groups is 1. The molecule has 0 aliphatic rings. The Bertz CT molecular complexity index is 415. The van der Waals surface area contributed by atoms with E-state index in [1.165, 1.54) is 30.8 Å². The number of rotatable bonds is 5. The van der Waals surface area contributed by atoms with Crippen molar-refractivity contribution >= 4 is 30.1 Å². The minimum absolute atomic E-state index is 0. The Hall–Kier alpha value is -0.850. The highest BCUT2D eigenvalue weighted by molar-refractivity contribution is 7.98. The molecule has 0 bridgehead atoms. The zero-order valence-corrected chi connectivity index (χ0v) is 12.2. The minimum atomic E-state index is -3.73. The average molecular weight is 312 g/mol. The first kappa shape index (κ1) is 18.1. The second kappa shape index (κ2) is 7.67. The van der Waals surface area contributed by atoms with E-state index in [1.807, 2.05) is 6.26 Å². The molecule has 0 aliphatic carbocycles. The van der Waals surface area contributed by atoms with Crippen LogP contribution in [0.2, 0.25) is 0 Å². The van der Waals surface area contributed by atoms with Gasteiger partial charge in [-0.15, -0.1) is 24.2 Å². The van der Waals surface area contributed by atoms with E-state index in [-0.39, 0.29) is 24.6 Å². The summed E-state index contributed by atoms with van der Waals surface area (Å²) in [6.07, 6.45) is 1.88. The maximum absolute atomic E-state index is 13.7. The highest BCUT2D eigenvalue weighted by Gasteiger charge is 2.47. The SMILES string of the molecule is CCOC(=O)C(F)(F)[C@@H](N)c1ccc(SC)cc1.Cl. The van der Waals surface area contributed by atoms with Gasteiger partial charge in [0.05, 0.1) is 6.61 Å². The first-order chi connectivity index (χ1) is 8.43. The molecule has 0 unspecified atom stereocenters. The number of carbonyl (C=O) groups is 1. The van der Waals surface area contributed by atoms with Crippen LogP contribution in [0.1, 0.15) is 18.5 Å². The van der Waals surface area contributed by atoms with Crippen molar-refractivity contribution in [3.63, 3.8) is 0 Å². The fourth-order valence-corrected chi connectivity index (χ4v) is 1.78. The number of hydrogen-bond acceptors (Lipinski definition) is 4. The van der Waals surface area contributed by atoms with Crippen LogP contribution in [0.5, 0.6) is 0 Å². The van der Waals surface area contributed by atoms with E-state index in [0.717, 1.165) is 4.90 Å². The van der Waals surface area contributed by atoms with E-state index >= 15 is 0 Å². The van der Waals surface area contributed by atoms with Gasteiger partial charge in [-0.2, -0.15) is 8.78 Å². The van der Waals surface area contributed by atoms with Gasteiger partial charge in [-0.25, -0.2) is 4.79 Å². The fourth-order valence-electron chi connectivity index (χ4n) is 1.37. The molecule has 3 nitrogen and oxygen atoms in total. The van der Waals surface area contributed by atoms with Crippen molar-refractivity contribution in [3.8, 4) is 0 Å². The number of alkyl halides is 2. The van der Waals surface area contributed by atoms with E-state index in [2.05, 4.69) is 4.74 Å². The Kier molecular flexibility index (Phi) is 7.33. The lowest BCUT2D eigenvalue weighted by molar-refractivity contribution is -0.174. The van der Waals surface area contributed by atoms with E-state index in [1.54, 1.807) is 12.1 Å². The second-order valence-electron chi connectivity index (χ2n) is 3.59. The number of nitrogens with two attached hydrogens (primary N) is 1. The Morgan fingerprint density at radius 2 is 1.95 bits per heavy atom. The van der Waals surface area contributed by atoms with E-state index in [0.29, 0.717) is 0 Å². The molecule has 1 aromatic rings. The molecule has 19 heavy (non-hydrogen) atoms. The van der Waals surface area contributed by atoms with E-state index in [4.69, 9.17) is 5.73 Å². The fraction of sp³-hybridized carbons (Fsp3) is 0.417. The number of halogens is 3. The minimum Gasteiger partial charge on any atom is -0.462 e. The summed E-state index contributed by atoms with van der Waals surface area (Å²) in [4.78, 5) is 12.1. The number of benzene rings is 1. The summed E-state index contributed by atoms with van der Waals surface area (Å²) < 4.78 is 31.6. The van der Waals surface area contributed by atoms with Crippen molar-refractivity contribution in [3.05, 3.63) is 29.8 Å². The van der Waals surface area contributed by atoms with Crippen molar-refractivity contribution in [1.29, 1.82) is 0 Å². The third-order valence-electron chi connectivity index (χ3n) is 2.41. The van der Waals surface area contributed by atoms with Gasteiger partial charge in [0.15, 0.2) is 0 Å². The van der Waals surface area contributed by atoms with Crippen molar-refractivity contribution in [1.82, 2.24) is 0 Å². The van der Waals surface area contributed by atoms with Crippen molar-refractivity contribution in [2.75, 3.05) is 12.9 Å².